The number of esters is 1. The number of ether oxygens (including phenoxy) is 1. The summed E-state index contributed by atoms with van der Waals surface area (Å²) in [5, 5.41) is 11.9. The van der Waals surface area contributed by atoms with E-state index in [4.69, 9.17) is 4.74 Å². The molecule has 3 rings (SSSR count). The molecule has 0 saturated carbocycles. The number of benzene rings is 1. The predicted molar refractivity (Wildman–Crippen MR) is 132 cm³/mol. The maximum atomic E-state index is 13.5. The van der Waals surface area contributed by atoms with Gasteiger partial charge in [0.05, 0.1) is 12.3 Å². The van der Waals surface area contributed by atoms with Crippen LogP contribution in [0.25, 0.3) is 0 Å². The number of piperidine rings is 1. The van der Waals surface area contributed by atoms with Gasteiger partial charge in [0.25, 0.3) is 0 Å². The van der Waals surface area contributed by atoms with Crippen molar-refractivity contribution in [2.45, 2.75) is 70.3 Å². The summed E-state index contributed by atoms with van der Waals surface area (Å²) >= 11 is 0. The third-order valence-corrected chi connectivity index (χ3v) is 6.93. The van der Waals surface area contributed by atoms with E-state index in [-0.39, 0.29) is 17.7 Å². The zero-order valence-corrected chi connectivity index (χ0v) is 20.4. The van der Waals surface area contributed by atoms with Gasteiger partial charge in [0.1, 0.15) is 11.4 Å². The lowest BCUT2D eigenvalue weighted by Gasteiger charge is -2.41. The van der Waals surface area contributed by atoms with Gasteiger partial charge < -0.3 is 14.7 Å². The van der Waals surface area contributed by atoms with E-state index in [1.165, 1.54) is 31.4 Å². The number of rotatable bonds is 13. The highest BCUT2D eigenvalue weighted by Gasteiger charge is 2.42. The second-order valence-corrected chi connectivity index (χ2v) is 9.28. The van der Waals surface area contributed by atoms with Crippen LogP contribution < -0.4 is 0 Å². The summed E-state index contributed by atoms with van der Waals surface area (Å²) in [6.07, 6.45) is 10.7. The van der Waals surface area contributed by atoms with E-state index in [1.807, 2.05) is 25.1 Å². The summed E-state index contributed by atoms with van der Waals surface area (Å²) in [7, 11) is 0. The summed E-state index contributed by atoms with van der Waals surface area (Å²) in [6.45, 7) is 5.27. The van der Waals surface area contributed by atoms with Crippen molar-refractivity contribution >= 4 is 5.97 Å². The quantitative estimate of drug-likeness (QED) is 0.311. The maximum Gasteiger partial charge on any atom is 0.305 e. The van der Waals surface area contributed by atoms with Crippen LogP contribution >= 0.6 is 0 Å². The van der Waals surface area contributed by atoms with Crippen molar-refractivity contribution in [3.8, 4) is 0 Å². The molecule has 1 aliphatic heterocycles. The monoisotopic (exact) mass is 470 g/mol. The maximum absolute atomic E-state index is 13.5. The molecule has 0 spiro atoms. The lowest BCUT2D eigenvalue weighted by atomic mass is 9.74. The number of aliphatic hydroxyl groups is 1. The van der Waals surface area contributed by atoms with Gasteiger partial charge in [-0.1, -0.05) is 43.9 Å². The Morgan fingerprint density at radius 1 is 1.06 bits per heavy atom. The second-order valence-electron chi connectivity index (χ2n) is 9.28. The molecule has 1 aliphatic rings. The molecule has 1 N–H and O–H groups in total. The highest BCUT2D eigenvalue weighted by molar-refractivity contribution is 5.69. The number of nitrogens with zero attached hydrogens (tertiary/aromatic N) is 2. The summed E-state index contributed by atoms with van der Waals surface area (Å²) in [5.74, 6) is -0.357. The minimum Gasteiger partial charge on any atom is -0.466 e. The van der Waals surface area contributed by atoms with Crippen molar-refractivity contribution in [1.29, 1.82) is 0 Å². The lowest BCUT2D eigenvalue weighted by molar-refractivity contribution is -0.143. The Balaban J connectivity index is 1.43. The van der Waals surface area contributed by atoms with Gasteiger partial charge >= 0.3 is 5.97 Å². The molecule has 2 heterocycles. The van der Waals surface area contributed by atoms with Gasteiger partial charge in [-0.15, -0.1) is 0 Å². The van der Waals surface area contributed by atoms with E-state index >= 15 is 0 Å². The van der Waals surface area contributed by atoms with Crippen LogP contribution in [0.5, 0.6) is 0 Å². The van der Waals surface area contributed by atoms with Crippen molar-refractivity contribution in [1.82, 2.24) is 9.88 Å². The van der Waals surface area contributed by atoms with Gasteiger partial charge in [-0.25, -0.2) is 4.39 Å². The largest absolute Gasteiger partial charge is 0.466 e. The zero-order valence-electron chi connectivity index (χ0n) is 20.4. The number of pyridine rings is 1. The molecule has 2 aromatic rings. The van der Waals surface area contributed by atoms with Crippen LogP contribution in [0.2, 0.25) is 0 Å². The first kappa shape index (κ1) is 26.3. The standard InChI is InChI=1S/C28H39FN2O3/c1-2-34-27(32)12-7-5-3-4-6-10-20-31-21-17-24(18-22-31)28(33,26-11-8-9-19-30-26)23-13-15-25(29)16-14-23/h8-9,11,13-16,19,24,33H,2-7,10,12,17-18,20-22H2,1H3. The Bertz CT molecular complexity index is 854. The molecule has 0 bridgehead atoms. The summed E-state index contributed by atoms with van der Waals surface area (Å²) in [5.41, 5.74) is 0.113. The Kier molecular flexibility index (Phi) is 10.5. The molecule has 0 aliphatic carbocycles. The van der Waals surface area contributed by atoms with E-state index in [1.54, 1.807) is 18.3 Å². The fourth-order valence-electron chi connectivity index (χ4n) is 5.00. The van der Waals surface area contributed by atoms with Gasteiger partial charge in [0, 0.05) is 18.5 Å². The molecule has 1 aromatic carbocycles. The number of halogens is 1. The van der Waals surface area contributed by atoms with Crippen molar-refractivity contribution in [2.75, 3.05) is 26.2 Å². The Labute approximate surface area is 203 Å². The first-order chi connectivity index (χ1) is 16.5. The SMILES string of the molecule is CCOC(=O)CCCCCCCCN1CCC(C(O)(c2ccc(F)cc2)c2ccccn2)CC1. The zero-order chi connectivity index (χ0) is 24.2. The molecule has 34 heavy (non-hydrogen) atoms. The summed E-state index contributed by atoms with van der Waals surface area (Å²) in [4.78, 5) is 18.3. The normalized spacial score (nSPS) is 16.8. The molecule has 1 saturated heterocycles. The van der Waals surface area contributed by atoms with Crippen LogP contribution in [0, 0.1) is 11.7 Å². The number of likely N-dealkylation sites (tertiary alicyclic amines) is 1. The van der Waals surface area contributed by atoms with Crippen molar-refractivity contribution in [2.24, 2.45) is 5.92 Å². The molecular formula is C28H39FN2O3. The van der Waals surface area contributed by atoms with Gasteiger partial charge in [-0.3, -0.25) is 9.78 Å². The smallest absolute Gasteiger partial charge is 0.305 e. The highest BCUT2D eigenvalue weighted by Crippen LogP contribution is 2.41. The topological polar surface area (TPSA) is 62.7 Å². The minimum absolute atomic E-state index is 0.0310. The predicted octanol–water partition coefficient (Wildman–Crippen LogP) is 5.46. The van der Waals surface area contributed by atoms with Crippen LogP contribution in [0.15, 0.2) is 48.7 Å². The lowest BCUT2D eigenvalue weighted by Crippen LogP contribution is -2.44. The van der Waals surface area contributed by atoms with Gasteiger partial charge in [-0.2, -0.15) is 0 Å². The summed E-state index contributed by atoms with van der Waals surface area (Å²) in [6, 6.07) is 11.8. The van der Waals surface area contributed by atoms with E-state index in [9.17, 15) is 14.3 Å². The average Bonchev–Trinajstić information content (AvgIpc) is 2.86. The molecule has 0 radical (unpaired) electrons. The van der Waals surface area contributed by atoms with Gasteiger partial charge in [-0.05, 0) is 82.1 Å². The number of hydrogen-bond acceptors (Lipinski definition) is 5. The van der Waals surface area contributed by atoms with Crippen LogP contribution in [0.3, 0.4) is 0 Å². The van der Waals surface area contributed by atoms with E-state index in [0.717, 1.165) is 51.7 Å². The second kappa shape index (κ2) is 13.5. The fourth-order valence-corrected chi connectivity index (χ4v) is 5.00. The first-order valence-corrected chi connectivity index (χ1v) is 12.8. The molecule has 6 heteroatoms. The molecule has 5 nitrogen and oxygen atoms in total. The third-order valence-electron chi connectivity index (χ3n) is 6.93. The third kappa shape index (κ3) is 7.34. The molecular weight excluding hydrogens is 431 g/mol. The number of aromatic nitrogens is 1. The molecule has 1 aromatic heterocycles. The highest BCUT2D eigenvalue weighted by atomic mass is 19.1. The van der Waals surface area contributed by atoms with Crippen LogP contribution in [-0.4, -0.2) is 47.2 Å². The van der Waals surface area contributed by atoms with E-state index in [0.29, 0.717) is 24.3 Å². The van der Waals surface area contributed by atoms with Crippen molar-refractivity contribution < 1.29 is 19.0 Å². The van der Waals surface area contributed by atoms with Crippen LogP contribution in [0.1, 0.15) is 76.0 Å². The molecule has 1 fully saturated rings. The van der Waals surface area contributed by atoms with E-state index in [2.05, 4.69) is 9.88 Å². The molecule has 1 unspecified atom stereocenters. The first-order valence-electron chi connectivity index (χ1n) is 12.8. The number of hydrogen-bond donors (Lipinski definition) is 1. The minimum atomic E-state index is -1.22. The van der Waals surface area contributed by atoms with Crippen LogP contribution in [-0.2, 0) is 15.1 Å². The van der Waals surface area contributed by atoms with E-state index < -0.39 is 5.60 Å². The number of carbonyl (C=O) groups is 1. The van der Waals surface area contributed by atoms with Crippen molar-refractivity contribution in [3.63, 3.8) is 0 Å². The summed E-state index contributed by atoms with van der Waals surface area (Å²) < 4.78 is 18.5. The van der Waals surface area contributed by atoms with Crippen LogP contribution in [0.4, 0.5) is 4.39 Å². The number of carbonyl (C=O) groups excluding carboxylic acids is 1. The van der Waals surface area contributed by atoms with Crippen molar-refractivity contribution in [3.05, 3.63) is 65.7 Å². The molecule has 0 amide bonds. The Morgan fingerprint density at radius 2 is 1.74 bits per heavy atom. The van der Waals surface area contributed by atoms with Gasteiger partial charge in [0.15, 0.2) is 0 Å². The fraction of sp³-hybridized carbons (Fsp3) is 0.571. The average molecular weight is 471 g/mol. The Hall–Kier alpha value is -2.31. The molecule has 186 valence electrons. The van der Waals surface area contributed by atoms with Gasteiger partial charge in [0.2, 0.25) is 0 Å². The Morgan fingerprint density at radius 3 is 2.38 bits per heavy atom. The number of unbranched alkanes of at least 4 members (excludes halogenated alkanes) is 5. The molecule has 1 atom stereocenters.